The Morgan fingerprint density at radius 1 is 1.33 bits per heavy atom. The summed E-state index contributed by atoms with van der Waals surface area (Å²) in [6.07, 6.45) is 1.71. The van der Waals surface area contributed by atoms with E-state index in [1.54, 1.807) is 13.1 Å². The summed E-state index contributed by atoms with van der Waals surface area (Å²) in [6, 6.07) is 9.56. The molecule has 0 radical (unpaired) electrons. The van der Waals surface area contributed by atoms with Gasteiger partial charge in [0.1, 0.15) is 0 Å². The lowest BCUT2D eigenvalue weighted by atomic mass is 10.1. The van der Waals surface area contributed by atoms with Crippen molar-refractivity contribution in [3.05, 3.63) is 36.5 Å². The highest BCUT2D eigenvalue weighted by Crippen LogP contribution is 2.25. The van der Waals surface area contributed by atoms with E-state index in [-0.39, 0.29) is 6.54 Å². The van der Waals surface area contributed by atoms with E-state index in [4.69, 9.17) is 5.11 Å². The van der Waals surface area contributed by atoms with E-state index < -0.39 is 11.9 Å². The fourth-order valence-corrected chi connectivity index (χ4v) is 2.14. The van der Waals surface area contributed by atoms with Crippen LogP contribution in [0.15, 0.2) is 36.5 Å². The van der Waals surface area contributed by atoms with Gasteiger partial charge in [0.15, 0.2) is 5.82 Å². The van der Waals surface area contributed by atoms with Crippen molar-refractivity contribution in [2.45, 2.75) is 13.5 Å². The fourth-order valence-electron chi connectivity index (χ4n) is 2.14. The van der Waals surface area contributed by atoms with Crippen LogP contribution in [0.1, 0.15) is 6.92 Å². The van der Waals surface area contributed by atoms with Gasteiger partial charge in [-0.05, 0) is 22.6 Å². The van der Waals surface area contributed by atoms with Gasteiger partial charge in [0.25, 0.3) is 0 Å². The highest BCUT2D eigenvalue weighted by molar-refractivity contribution is 5.91. The summed E-state index contributed by atoms with van der Waals surface area (Å²) in [6.45, 7) is 1.83. The highest BCUT2D eigenvalue weighted by atomic mass is 16.4. The van der Waals surface area contributed by atoms with Crippen LogP contribution in [-0.2, 0) is 11.3 Å². The van der Waals surface area contributed by atoms with E-state index in [0.717, 1.165) is 16.5 Å². The maximum atomic E-state index is 11.0. The minimum Gasteiger partial charge on any atom is -0.481 e. The molecule has 7 nitrogen and oxygen atoms in total. The standard InChI is InChI=1S/C14H13N5O2/c1-9(14(20)21)8-19-13(16-17-18-19)11-6-2-4-10-5-3-7-15-12(10)11/h2-7,9H,8H2,1H3,(H,20,21). The van der Waals surface area contributed by atoms with Crippen molar-refractivity contribution in [3.63, 3.8) is 0 Å². The van der Waals surface area contributed by atoms with Gasteiger partial charge in [0, 0.05) is 17.1 Å². The Hall–Kier alpha value is -2.83. The molecule has 0 bridgehead atoms. The number of nitrogens with zero attached hydrogens (tertiary/aromatic N) is 5. The van der Waals surface area contributed by atoms with E-state index >= 15 is 0 Å². The summed E-state index contributed by atoms with van der Waals surface area (Å²) in [5.74, 6) is -0.935. The normalized spacial score (nSPS) is 12.4. The molecule has 7 heteroatoms. The molecule has 0 saturated carbocycles. The Morgan fingerprint density at radius 2 is 2.14 bits per heavy atom. The molecule has 2 heterocycles. The first-order valence-corrected chi connectivity index (χ1v) is 6.50. The number of rotatable bonds is 4. The van der Waals surface area contributed by atoms with Crippen molar-refractivity contribution in [1.82, 2.24) is 25.2 Å². The monoisotopic (exact) mass is 283 g/mol. The first-order chi connectivity index (χ1) is 10.2. The molecule has 1 N–H and O–H groups in total. The quantitative estimate of drug-likeness (QED) is 0.781. The highest BCUT2D eigenvalue weighted by Gasteiger charge is 2.18. The Kier molecular flexibility index (Phi) is 3.31. The zero-order chi connectivity index (χ0) is 14.8. The van der Waals surface area contributed by atoms with Crippen LogP contribution in [0.4, 0.5) is 0 Å². The molecule has 0 saturated heterocycles. The molecule has 21 heavy (non-hydrogen) atoms. The van der Waals surface area contributed by atoms with E-state index in [1.165, 1.54) is 4.68 Å². The molecule has 0 fully saturated rings. The third-order valence-electron chi connectivity index (χ3n) is 3.27. The molecule has 1 aromatic carbocycles. The van der Waals surface area contributed by atoms with Crippen LogP contribution in [0, 0.1) is 5.92 Å². The molecule has 0 amide bonds. The van der Waals surface area contributed by atoms with Crippen molar-refractivity contribution < 1.29 is 9.90 Å². The lowest BCUT2D eigenvalue weighted by Gasteiger charge is -2.09. The number of aromatic nitrogens is 5. The second kappa shape index (κ2) is 5.28. The first-order valence-electron chi connectivity index (χ1n) is 6.50. The van der Waals surface area contributed by atoms with Gasteiger partial charge < -0.3 is 5.11 Å². The number of carboxylic acid groups (broad SMARTS) is 1. The first kappa shape index (κ1) is 13.2. The SMILES string of the molecule is CC(Cn1nnnc1-c1cccc2cccnc12)C(=O)O. The number of fused-ring (bicyclic) bond motifs is 1. The molecule has 0 aliphatic carbocycles. The summed E-state index contributed by atoms with van der Waals surface area (Å²) < 4.78 is 1.50. The molecule has 3 aromatic rings. The smallest absolute Gasteiger partial charge is 0.308 e. The van der Waals surface area contributed by atoms with Crippen LogP contribution in [-0.4, -0.2) is 36.3 Å². The number of carboxylic acids is 1. The van der Waals surface area contributed by atoms with Gasteiger partial charge in [-0.25, -0.2) is 4.68 Å². The predicted octanol–water partition coefficient (Wildman–Crippen LogP) is 1.61. The summed E-state index contributed by atoms with van der Waals surface area (Å²) in [5, 5.41) is 21.6. The van der Waals surface area contributed by atoms with Crippen LogP contribution in [0.3, 0.4) is 0 Å². The molecular weight excluding hydrogens is 270 g/mol. The summed E-state index contributed by atoms with van der Waals surface area (Å²) in [7, 11) is 0. The molecule has 0 aliphatic heterocycles. The van der Waals surface area contributed by atoms with Crippen molar-refractivity contribution in [1.29, 1.82) is 0 Å². The summed E-state index contributed by atoms with van der Waals surface area (Å²) in [5.41, 5.74) is 1.58. The van der Waals surface area contributed by atoms with Crippen LogP contribution in [0.25, 0.3) is 22.3 Å². The van der Waals surface area contributed by atoms with Crippen LogP contribution < -0.4 is 0 Å². The maximum Gasteiger partial charge on any atom is 0.308 e. The Morgan fingerprint density at radius 3 is 2.95 bits per heavy atom. The lowest BCUT2D eigenvalue weighted by Crippen LogP contribution is -2.18. The Balaban J connectivity index is 2.08. The molecule has 2 aromatic heterocycles. The number of aliphatic carboxylic acids is 1. The third kappa shape index (κ3) is 2.45. The third-order valence-corrected chi connectivity index (χ3v) is 3.27. The molecule has 0 aliphatic rings. The molecule has 106 valence electrons. The molecule has 1 atom stereocenters. The molecule has 0 spiro atoms. The van der Waals surface area contributed by atoms with Crippen molar-refractivity contribution in [2.24, 2.45) is 5.92 Å². The average molecular weight is 283 g/mol. The minimum absolute atomic E-state index is 0.209. The zero-order valence-electron chi connectivity index (χ0n) is 11.3. The van der Waals surface area contributed by atoms with Crippen LogP contribution >= 0.6 is 0 Å². The van der Waals surface area contributed by atoms with Crippen molar-refractivity contribution in [3.8, 4) is 11.4 Å². The number of carbonyl (C=O) groups is 1. The van der Waals surface area contributed by atoms with Gasteiger partial charge in [0.2, 0.25) is 0 Å². The maximum absolute atomic E-state index is 11.0. The minimum atomic E-state index is -0.882. The van der Waals surface area contributed by atoms with Crippen molar-refractivity contribution in [2.75, 3.05) is 0 Å². The van der Waals surface area contributed by atoms with Gasteiger partial charge in [0.05, 0.1) is 18.0 Å². The van der Waals surface area contributed by atoms with Crippen molar-refractivity contribution >= 4 is 16.9 Å². The number of hydrogen-bond acceptors (Lipinski definition) is 5. The molecule has 1 unspecified atom stereocenters. The van der Waals surface area contributed by atoms with E-state index in [2.05, 4.69) is 20.5 Å². The lowest BCUT2D eigenvalue weighted by molar-refractivity contribution is -0.141. The number of tetrazole rings is 1. The number of para-hydroxylation sites is 1. The second-order valence-corrected chi connectivity index (χ2v) is 4.80. The fraction of sp³-hybridized carbons (Fsp3) is 0.214. The molecular formula is C14H13N5O2. The summed E-state index contributed by atoms with van der Waals surface area (Å²) >= 11 is 0. The van der Waals surface area contributed by atoms with E-state index in [0.29, 0.717) is 5.82 Å². The van der Waals surface area contributed by atoms with Gasteiger partial charge in [-0.1, -0.05) is 25.1 Å². The topological polar surface area (TPSA) is 93.8 Å². The van der Waals surface area contributed by atoms with Crippen LogP contribution in [0.5, 0.6) is 0 Å². The number of hydrogen-bond donors (Lipinski definition) is 1. The van der Waals surface area contributed by atoms with Gasteiger partial charge >= 0.3 is 5.97 Å². The average Bonchev–Trinajstić information content (AvgIpc) is 2.94. The van der Waals surface area contributed by atoms with Gasteiger partial charge in [-0.15, -0.1) is 5.10 Å². The molecule has 3 rings (SSSR count). The second-order valence-electron chi connectivity index (χ2n) is 4.80. The van der Waals surface area contributed by atoms with Gasteiger partial charge in [-0.3, -0.25) is 9.78 Å². The zero-order valence-corrected chi connectivity index (χ0v) is 11.3. The Labute approximate surface area is 120 Å². The summed E-state index contributed by atoms with van der Waals surface area (Å²) in [4.78, 5) is 15.4. The van der Waals surface area contributed by atoms with Gasteiger partial charge in [-0.2, -0.15) is 0 Å². The number of benzene rings is 1. The predicted molar refractivity (Wildman–Crippen MR) is 75.4 cm³/mol. The van der Waals surface area contributed by atoms with E-state index in [1.807, 2.05) is 30.3 Å². The van der Waals surface area contributed by atoms with E-state index in [9.17, 15) is 4.79 Å². The van der Waals surface area contributed by atoms with Crippen LogP contribution in [0.2, 0.25) is 0 Å². The number of pyridine rings is 1. The largest absolute Gasteiger partial charge is 0.481 e. The Bertz CT molecular complexity index is 793.